The van der Waals surface area contributed by atoms with E-state index in [0.717, 1.165) is 5.56 Å². The molecular formula is C15H11FN4. The van der Waals surface area contributed by atoms with Crippen LogP contribution in [-0.2, 0) is 6.42 Å². The van der Waals surface area contributed by atoms with Crippen LogP contribution in [0.15, 0.2) is 42.6 Å². The van der Waals surface area contributed by atoms with E-state index in [4.69, 9.17) is 11.0 Å². The van der Waals surface area contributed by atoms with E-state index in [1.807, 2.05) is 12.1 Å². The SMILES string of the molecule is N#CCc1c(-c2ccc(N)cc2)nc2ccc(F)cn12. The summed E-state index contributed by atoms with van der Waals surface area (Å²) in [6.45, 7) is 0. The second-order valence-electron chi connectivity index (χ2n) is 4.44. The Balaban J connectivity index is 2.26. The molecule has 98 valence electrons. The second kappa shape index (κ2) is 4.67. The Bertz CT molecular complexity index is 812. The van der Waals surface area contributed by atoms with Crippen LogP contribution >= 0.6 is 0 Å². The number of nitriles is 1. The molecule has 2 aromatic heterocycles. The summed E-state index contributed by atoms with van der Waals surface area (Å²) < 4.78 is 15.0. The van der Waals surface area contributed by atoms with Crippen molar-refractivity contribution in [3.63, 3.8) is 0 Å². The third-order valence-electron chi connectivity index (χ3n) is 3.11. The fourth-order valence-corrected chi connectivity index (χ4v) is 2.18. The van der Waals surface area contributed by atoms with Crippen molar-refractivity contribution < 1.29 is 4.39 Å². The minimum atomic E-state index is -0.363. The zero-order chi connectivity index (χ0) is 14.1. The summed E-state index contributed by atoms with van der Waals surface area (Å²) in [6.07, 6.45) is 1.50. The lowest BCUT2D eigenvalue weighted by molar-refractivity contribution is 0.618. The molecule has 0 radical (unpaired) electrons. The van der Waals surface area contributed by atoms with E-state index in [-0.39, 0.29) is 12.2 Å². The Kier molecular flexibility index (Phi) is 2.84. The fraction of sp³-hybridized carbons (Fsp3) is 0.0667. The quantitative estimate of drug-likeness (QED) is 0.725. The maximum Gasteiger partial charge on any atom is 0.139 e. The highest BCUT2D eigenvalue weighted by Crippen LogP contribution is 2.25. The van der Waals surface area contributed by atoms with Crippen LogP contribution in [0.4, 0.5) is 10.1 Å². The van der Waals surface area contributed by atoms with Gasteiger partial charge in [-0.3, -0.25) is 4.40 Å². The number of hydrogen-bond acceptors (Lipinski definition) is 3. The van der Waals surface area contributed by atoms with Crippen LogP contribution < -0.4 is 5.73 Å². The summed E-state index contributed by atoms with van der Waals surface area (Å²) in [6, 6.07) is 12.3. The van der Waals surface area contributed by atoms with Gasteiger partial charge in [-0.15, -0.1) is 0 Å². The van der Waals surface area contributed by atoms with Gasteiger partial charge in [0.25, 0.3) is 0 Å². The molecule has 2 heterocycles. The maximum absolute atomic E-state index is 13.4. The molecule has 0 saturated heterocycles. The van der Waals surface area contributed by atoms with Gasteiger partial charge in [-0.2, -0.15) is 5.26 Å². The zero-order valence-corrected chi connectivity index (χ0v) is 10.5. The number of pyridine rings is 1. The maximum atomic E-state index is 13.4. The summed E-state index contributed by atoms with van der Waals surface area (Å²) in [5.74, 6) is -0.363. The van der Waals surface area contributed by atoms with E-state index in [2.05, 4.69) is 11.1 Å². The summed E-state index contributed by atoms with van der Waals surface area (Å²) in [5, 5.41) is 8.98. The van der Waals surface area contributed by atoms with Gasteiger partial charge in [-0.25, -0.2) is 9.37 Å². The number of imidazole rings is 1. The number of nitrogens with zero attached hydrogens (tertiary/aromatic N) is 3. The van der Waals surface area contributed by atoms with Crippen molar-refractivity contribution >= 4 is 11.3 Å². The van der Waals surface area contributed by atoms with E-state index in [1.54, 1.807) is 22.6 Å². The fourth-order valence-electron chi connectivity index (χ4n) is 2.18. The lowest BCUT2D eigenvalue weighted by atomic mass is 10.1. The third-order valence-corrected chi connectivity index (χ3v) is 3.11. The average molecular weight is 266 g/mol. The lowest BCUT2D eigenvalue weighted by Gasteiger charge is -2.02. The lowest BCUT2D eigenvalue weighted by Crippen LogP contribution is -1.94. The van der Waals surface area contributed by atoms with Gasteiger partial charge in [0, 0.05) is 17.4 Å². The molecular weight excluding hydrogens is 255 g/mol. The first-order chi connectivity index (χ1) is 9.69. The van der Waals surface area contributed by atoms with Crippen LogP contribution in [0.25, 0.3) is 16.9 Å². The topological polar surface area (TPSA) is 67.1 Å². The number of nitrogen functional groups attached to an aromatic ring is 1. The first-order valence-electron chi connectivity index (χ1n) is 6.08. The van der Waals surface area contributed by atoms with Crippen LogP contribution in [0.3, 0.4) is 0 Å². The summed E-state index contributed by atoms with van der Waals surface area (Å²) in [7, 11) is 0. The van der Waals surface area contributed by atoms with E-state index in [1.165, 1.54) is 12.3 Å². The molecule has 3 rings (SSSR count). The van der Waals surface area contributed by atoms with E-state index >= 15 is 0 Å². The molecule has 0 spiro atoms. The van der Waals surface area contributed by atoms with Gasteiger partial charge in [-0.1, -0.05) is 12.1 Å². The van der Waals surface area contributed by atoms with E-state index < -0.39 is 0 Å². The monoisotopic (exact) mass is 266 g/mol. The molecule has 3 aromatic rings. The molecule has 4 nitrogen and oxygen atoms in total. The van der Waals surface area contributed by atoms with Gasteiger partial charge in [0.2, 0.25) is 0 Å². The van der Waals surface area contributed by atoms with Gasteiger partial charge >= 0.3 is 0 Å². The highest BCUT2D eigenvalue weighted by Gasteiger charge is 2.14. The molecule has 1 aromatic carbocycles. The van der Waals surface area contributed by atoms with Gasteiger partial charge in [0.05, 0.1) is 23.9 Å². The minimum absolute atomic E-state index is 0.157. The van der Waals surface area contributed by atoms with Gasteiger partial charge in [0.15, 0.2) is 0 Å². The van der Waals surface area contributed by atoms with Gasteiger partial charge in [0.1, 0.15) is 11.5 Å². The Morgan fingerprint density at radius 3 is 2.65 bits per heavy atom. The normalized spacial score (nSPS) is 10.6. The predicted octanol–water partition coefficient (Wildman–Crippen LogP) is 2.79. The second-order valence-corrected chi connectivity index (χ2v) is 4.44. The van der Waals surface area contributed by atoms with Crippen LogP contribution in [0, 0.1) is 17.1 Å². The van der Waals surface area contributed by atoms with Crippen molar-refractivity contribution in [2.24, 2.45) is 0 Å². The molecule has 0 aliphatic rings. The molecule has 0 aliphatic carbocycles. The number of anilines is 1. The Labute approximate surface area is 114 Å². The summed E-state index contributed by atoms with van der Waals surface area (Å²) in [5.41, 5.74) is 9.15. The van der Waals surface area contributed by atoms with Crippen LogP contribution in [0.1, 0.15) is 5.69 Å². The molecule has 5 heteroatoms. The minimum Gasteiger partial charge on any atom is -0.399 e. The molecule has 20 heavy (non-hydrogen) atoms. The first kappa shape index (κ1) is 12.2. The molecule has 0 bridgehead atoms. The van der Waals surface area contributed by atoms with Crippen molar-refractivity contribution in [2.75, 3.05) is 5.73 Å². The highest BCUT2D eigenvalue weighted by molar-refractivity contribution is 5.68. The Morgan fingerprint density at radius 1 is 1.20 bits per heavy atom. The van der Waals surface area contributed by atoms with Crippen molar-refractivity contribution in [1.29, 1.82) is 5.26 Å². The standard InChI is InChI=1S/C15H11FN4/c16-11-3-6-14-19-15(10-1-4-12(18)5-2-10)13(7-8-17)20(14)9-11/h1-6,9H,7,18H2. The number of hydrogen-bond donors (Lipinski definition) is 1. The summed E-state index contributed by atoms with van der Waals surface area (Å²) >= 11 is 0. The number of nitrogens with two attached hydrogens (primary N) is 1. The largest absolute Gasteiger partial charge is 0.399 e. The molecule has 0 fully saturated rings. The van der Waals surface area contributed by atoms with Gasteiger partial charge in [-0.05, 0) is 24.3 Å². The number of benzene rings is 1. The average Bonchev–Trinajstić information content (AvgIpc) is 2.79. The van der Waals surface area contributed by atoms with Crippen molar-refractivity contribution in [3.05, 3.63) is 54.1 Å². The highest BCUT2D eigenvalue weighted by atomic mass is 19.1. The van der Waals surface area contributed by atoms with Gasteiger partial charge < -0.3 is 5.73 Å². The molecule has 0 atom stereocenters. The Morgan fingerprint density at radius 2 is 1.95 bits per heavy atom. The van der Waals surface area contributed by atoms with Crippen LogP contribution in [0.5, 0.6) is 0 Å². The predicted molar refractivity (Wildman–Crippen MR) is 74.3 cm³/mol. The van der Waals surface area contributed by atoms with Crippen LogP contribution in [-0.4, -0.2) is 9.38 Å². The smallest absolute Gasteiger partial charge is 0.139 e. The van der Waals surface area contributed by atoms with Crippen molar-refractivity contribution in [1.82, 2.24) is 9.38 Å². The number of halogens is 1. The molecule has 0 unspecified atom stereocenters. The van der Waals surface area contributed by atoms with Crippen molar-refractivity contribution in [2.45, 2.75) is 6.42 Å². The Hall–Kier alpha value is -2.87. The molecule has 0 aliphatic heterocycles. The molecule has 2 N–H and O–H groups in total. The number of fused-ring (bicyclic) bond motifs is 1. The van der Waals surface area contributed by atoms with Crippen molar-refractivity contribution in [3.8, 4) is 17.3 Å². The van der Waals surface area contributed by atoms with E-state index in [0.29, 0.717) is 22.7 Å². The van der Waals surface area contributed by atoms with E-state index in [9.17, 15) is 4.39 Å². The summed E-state index contributed by atoms with van der Waals surface area (Å²) in [4.78, 5) is 4.48. The van der Waals surface area contributed by atoms with Crippen LogP contribution in [0.2, 0.25) is 0 Å². The number of rotatable bonds is 2. The first-order valence-corrected chi connectivity index (χ1v) is 6.08. The zero-order valence-electron chi connectivity index (χ0n) is 10.5. The molecule has 0 saturated carbocycles. The third kappa shape index (κ3) is 1.97. The molecule has 0 amide bonds. The number of aromatic nitrogens is 2.